The summed E-state index contributed by atoms with van der Waals surface area (Å²) < 4.78 is 39.6. The zero-order valence-electron chi connectivity index (χ0n) is 14.0. The first-order valence-electron chi connectivity index (χ1n) is 8.59. The molecule has 0 saturated heterocycles. The largest absolute Gasteiger partial charge is 0.366 e. The number of rotatable bonds is 5. The molecule has 2 saturated carbocycles. The monoisotopic (exact) mass is 353 g/mol. The molecule has 0 aliphatic heterocycles. The van der Waals surface area contributed by atoms with Crippen LogP contribution in [0.25, 0.3) is 0 Å². The molecule has 2 aliphatic carbocycles. The van der Waals surface area contributed by atoms with Gasteiger partial charge in [-0.15, -0.1) is 0 Å². The molecule has 0 bridgehead atoms. The molecular formula is C18H24FNO3S. The predicted octanol–water partition coefficient (Wildman–Crippen LogP) is 3.22. The highest BCUT2D eigenvalue weighted by Crippen LogP contribution is 2.48. The van der Waals surface area contributed by atoms with E-state index < -0.39 is 26.3 Å². The van der Waals surface area contributed by atoms with Gasteiger partial charge in [-0.05, 0) is 61.8 Å². The Morgan fingerprint density at radius 1 is 1.25 bits per heavy atom. The van der Waals surface area contributed by atoms with Gasteiger partial charge in [-0.3, -0.25) is 4.79 Å². The van der Waals surface area contributed by atoms with Gasteiger partial charge in [0, 0.05) is 5.56 Å². The first-order valence-corrected chi connectivity index (χ1v) is 10.2. The number of benzene rings is 1. The number of primary amides is 1. The van der Waals surface area contributed by atoms with E-state index in [-0.39, 0.29) is 17.2 Å². The molecular weight excluding hydrogens is 329 g/mol. The van der Waals surface area contributed by atoms with Gasteiger partial charge < -0.3 is 5.73 Å². The molecule has 4 nitrogen and oxygen atoms in total. The first kappa shape index (κ1) is 17.4. The van der Waals surface area contributed by atoms with E-state index >= 15 is 0 Å². The number of halogens is 1. The minimum Gasteiger partial charge on any atom is -0.366 e. The Kier molecular flexibility index (Phi) is 4.45. The van der Waals surface area contributed by atoms with Crippen molar-refractivity contribution in [1.82, 2.24) is 0 Å². The van der Waals surface area contributed by atoms with Gasteiger partial charge in [-0.25, -0.2) is 12.8 Å². The summed E-state index contributed by atoms with van der Waals surface area (Å²) in [5, 5.41) is 0. The Hall–Kier alpha value is -1.43. The van der Waals surface area contributed by atoms with Crippen molar-refractivity contribution in [3.8, 4) is 0 Å². The van der Waals surface area contributed by atoms with Gasteiger partial charge in [0.25, 0.3) is 0 Å². The van der Waals surface area contributed by atoms with Crippen LogP contribution in [0.2, 0.25) is 0 Å². The van der Waals surface area contributed by atoms with E-state index in [0.29, 0.717) is 24.0 Å². The number of nitrogens with two attached hydrogens (primary N) is 1. The van der Waals surface area contributed by atoms with Crippen LogP contribution < -0.4 is 5.73 Å². The van der Waals surface area contributed by atoms with Gasteiger partial charge in [0.15, 0.2) is 9.84 Å². The third-order valence-electron chi connectivity index (χ3n) is 5.54. The lowest BCUT2D eigenvalue weighted by Gasteiger charge is -2.38. The van der Waals surface area contributed by atoms with Crippen LogP contribution in [0.1, 0.15) is 66.4 Å². The lowest BCUT2D eigenvalue weighted by Crippen LogP contribution is -2.41. The molecule has 2 aliphatic rings. The first-order chi connectivity index (χ1) is 11.3. The van der Waals surface area contributed by atoms with Gasteiger partial charge in [0.1, 0.15) is 5.82 Å². The van der Waals surface area contributed by atoms with Crippen molar-refractivity contribution in [3.05, 3.63) is 34.6 Å². The van der Waals surface area contributed by atoms with Crippen LogP contribution in [0.5, 0.6) is 0 Å². The van der Waals surface area contributed by atoms with Crippen molar-refractivity contribution in [3.63, 3.8) is 0 Å². The maximum absolute atomic E-state index is 14.2. The Balaban J connectivity index is 2.18. The van der Waals surface area contributed by atoms with Crippen LogP contribution in [-0.4, -0.2) is 20.1 Å². The number of carbonyl (C=O) groups excluding carboxylic acids is 1. The lowest BCUT2D eigenvalue weighted by atomic mass is 9.80. The third kappa shape index (κ3) is 2.96. The van der Waals surface area contributed by atoms with Crippen molar-refractivity contribution >= 4 is 15.7 Å². The van der Waals surface area contributed by atoms with E-state index in [0.717, 1.165) is 38.2 Å². The molecule has 132 valence electrons. The average molecular weight is 353 g/mol. The predicted molar refractivity (Wildman–Crippen MR) is 90.9 cm³/mol. The standard InChI is InChI=1S/C18H24FNO3S/c1-12-15(17(20)21)9-14(19)10-16(12)18(7-3-2-4-8-18)24(22,23)11-13-5-6-13/h9-10,13H,2-8,11H2,1H3,(H2,20,21). The van der Waals surface area contributed by atoms with Crippen molar-refractivity contribution in [1.29, 1.82) is 0 Å². The lowest BCUT2D eigenvalue weighted by molar-refractivity contribution is 0.0999. The van der Waals surface area contributed by atoms with Crippen LogP contribution in [0.4, 0.5) is 4.39 Å². The minimum atomic E-state index is -3.44. The quantitative estimate of drug-likeness (QED) is 0.883. The van der Waals surface area contributed by atoms with Crippen LogP contribution in [0, 0.1) is 18.7 Å². The van der Waals surface area contributed by atoms with Gasteiger partial charge in [-0.2, -0.15) is 0 Å². The van der Waals surface area contributed by atoms with Gasteiger partial charge >= 0.3 is 0 Å². The van der Waals surface area contributed by atoms with E-state index in [2.05, 4.69) is 0 Å². The minimum absolute atomic E-state index is 0.0802. The van der Waals surface area contributed by atoms with E-state index in [1.54, 1.807) is 6.92 Å². The molecule has 24 heavy (non-hydrogen) atoms. The molecule has 3 rings (SSSR count). The summed E-state index contributed by atoms with van der Waals surface area (Å²) in [5.74, 6) is -0.928. The number of carbonyl (C=O) groups is 1. The van der Waals surface area contributed by atoms with E-state index in [1.165, 1.54) is 6.07 Å². The highest BCUT2D eigenvalue weighted by Gasteiger charge is 2.48. The zero-order valence-corrected chi connectivity index (χ0v) is 14.8. The SMILES string of the molecule is Cc1c(C(N)=O)cc(F)cc1C1(S(=O)(=O)CC2CC2)CCCCC1. The highest BCUT2D eigenvalue weighted by atomic mass is 32.2. The van der Waals surface area contributed by atoms with Crippen LogP contribution >= 0.6 is 0 Å². The number of hydrogen-bond donors (Lipinski definition) is 1. The summed E-state index contributed by atoms with van der Waals surface area (Å²) in [4.78, 5) is 11.7. The van der Waals surface area contributed by atoms with Crippen molar-refractivity contribution in [2.24, 2.45) is 11.7 Å². The van der Waals surface area contributed by atoms with E-state index in [9.17, 15) is 17.6 Å². The van der Waals surface area contributed by atoms with Crippen LogP contribution in [0.15, 0.2) is 12.1 Å². The van der Waals surface area contributed by atoms with Crippen molar-refractivity contribution in [2.45, 2.75) is 56.6 Å². The molecule has 0 aromatic heterocycles. The van der Waals surface area contributed by atoms with E-state index in [1.807, 2.05) is 0 Å². The Morgan fingerprint density at radius 2 is 1.88 bits per heavy atom. The summed E-state index contributed by atoms with van der Waals surface area (Å²) in [6, 6.07) is 2.41. The number of hydrogen-bond acceptors (Lipinski definition) is 3. The molecule has 0 unspecified atom stereocenters. The van der Waals surface area contributed by atoms with Gasteiger partial charge in [0.05, 0.1) is 10.5 Å². The fourth-order valence-corrected chi connectivity index (χ4v) is 6.76. The van der Waals surface area contributed by atoms with Crippen molar-refractivity contribution < 1.29 is 17.6 Å². The van der Waals surface area contributed by atoms with Crippen LogP contribution in [-0.2, 0) is 14.6 Å². The average Bonchev–Trinajstić information content (AvgIpc) is 3.32. The molecule has 0 radical (unpaired) electrons. The second-order valence-corrected chi connectivity index (χ2v) is 9.61. The molecule has 1 amide bonds. The second-order valence-electron chi connectivity index (χ2n) is 7.27. The molecule has 1 aromatic carbocycles. The molecule has 2 N–H and O–H groups in total. The Bertz CT molecular complexity index is 763. The summed E-state index contributed by atoms with van der Waals surface area (Å²) in [7, 11) is -3.44. The topological polar surface area (TPSA) is 77.2 Å². The number of amides is 1. The molecule has 1 aromatic rings. The van der Waals surface area contributed by atoms with Crippen LogP contribution in [0.3, 0.4) is 0 Å². The van der Waals surface area contributed by atoms with E-state index in [4.69, 9.17) is 5.73 Å². The number of sulfone groups is 1. The maximum atomic E-state index is 14.2. The smallest absolute Gasteiger partial charge is 0.249 e. The highest BCUT2D eigenvalue weighted by molar-refractivity contribution is 7.92. The molecule has 0 atom stereocenters. The fraction of sp³-hybridized carbons (Fsp3) is 0.611. The zero-order chi connectivity index (χ0) is 17.5. The fourth-order valence-electron chi connectivity index (χ4n) is 4.03. The summed E-state index contributed by atoms with van der Waals surface area (Å²) in [6.45, 7) is 1.68. The molecule has 6 heteroatoms. The third-order valence-corrected chi connectivity index (χ3v) is 8.27. The second kappa shape index (κ2) is 6.14. The normalized spacial score (nSPS) is 20.8. The van der Waals surface area contributed by atoms with Crippen molar-refractivity contribution in [2.75, 3.05) is 5.75 Å². The summed E-state index contributed by atoms with van der Waals surface area (Å²) in [6.07, 6.45) is 5.46. The summed E-state index contributed by atoms with van der Waals surface area (Å²) >= 11 is 0. The molecule has 0 spiro atoms. The van der Waals surface area contributed by atoms with Gasteiger partial charge in [0.2, 0.25) is 5.91 Å². The molecule has 2 fully saturated rings. The Labute approximate surface area is 142 Å². The summed E-state index contributed by atoms with van der Waals surface area (Å²) in [5.41, 5.74) is 6.40. The Morgan fingerprint density at radius 3 is 2.42 bits per heavy atom. The maximum Gasteiger partial charge on any atom is 0.249 e. The molecule has 0 heterocycles. The van der Waals surface area contributed by atoms with Gasteiger partial charge in [-0.1, -0.05) is 19.3 Å².